The number of hydrogen-bond donors (Lipinski definition) is 2. The van der Waals surface area contributed by atoms with Gasteiger partial charge in [-0.25, -0.2) is 0 Å². The van der Waals surface area contributed by atoms with Crippen molar-refractivity contribution in [2.24, 2.45) is 0 Å². The van der Waals surface area contributed by atoms with Crippen LogP contribution in [0, 0.1) is 0 Å². The standard InChI is InChI=1S/C22H44N2O9/c1-5-25-9-11-27-13-14-29-16-18-33-22(20-31-7-3-23-1)21-19-30-8-4-24-2-6-26-10-12-28-15-17-32-21/h21-24H,1-20H2. The minimum Gasteiger partial charge on any atom is -0.378 e. The predicted octanol–water partition coefficient (Wildman–Crippen LogP) is -0.921. The Bertz CT molecular complexity index is 389. The van der Waals surface area contributed by atoms with Crippen LogP contribution in [0.15, 0.2) is 0 Å². The fourth-order valence-electron chi connectivity index (χ4n) is 3.13. The lowest BCUT2D eigenvalue weighted by Gasteiger charge is -2.27. The van der Waals surface area contributed by atoms with E-state index in [4.69, 9.17) is 42.6 Å². The van der Waals surface area contributed by atoms with Crippen LogP contribution in [0.25, 0.3) is 0 Å². The average molecular weight is 481 g/mol. The lowest BCUT2D eigenvalue weighted by Crippen LogP contribution is -2.41. The molecule has 2 aliphatic heterocycles. The van der Waals surface area contributed by atoms with Crippen molar-refractivity contribution >= 4 is 0 Å². The average Bonchev–Trinajstić information content (AvgIpc) is 2.83. The highest BCUT2D eigenvalue weighted by Crippen LogP contribution is 2.08. The van der Waals surface area contributed by atoms with Crippen LogP contribution in [0.2, 0.25) is 0 Å². The van der Waals surface area contributed by atoms with Gasteiger partial charge in [0.05, 0.1) is 106 Å². The van der Waals surface area contributed by atoms with Crippen LogP contribution in [0.3, 0.4) is 0 Å². The molecule has 2 heterocycles. The molecule has 2 rings (SSSR count). The summed E-state index contributed by atoms with van der Waals surface area (Å²) in [6.45, 7) is 11.5. The molecular formula is C22H44N2O9. The van der Waals surface area contributed by atoms with Gasteiger partial charge in [-0.3, -0.25) is 0 Å². The highest BCUT2D eigenvalue weighted by molar-refractivity contribution is 4.72. The molecule has 2 atom stereocenters. The second-order valence-corrected chi connectivity index (χ2v) is 7.53. The fraction of sp³-hybridized carbons (Fsp3) is 1.00. The van der Waals surface area contributed by atoms with Gasteiger partial charge in [0.25, 0.3) is 0 Å². The summed E-state index contributed by atoms with van der Waals surface area (Å²) in [5, 5.41) is 6.60. The molecule has 0 bridgehead atoms. The quantitative estimate of drug-likeness (QED) is 0.487. The van der Waals surface area contributed by atoms with Crippen LogP contribution in [-0.2, 0) is 42.6 Å². The van der Waals surface area contributed by atoms with E-state index in [-0.39, 0.29) is 12.2 Å². The maximum absolute atomic E-state index is 6.10. The molecule has 2 fully saturated rings. The van der Waals surface area contributed by atoms with Crippen LogP contribution in [0.5, 0.6) is 0 Å². The Hall–Kier alpha value is -0.440. The van der Waals surface area contributed by atoms with Gasteiger partial charge in [0.1, 0.15) is 12.2 Å². The second kappa shape index (κ2) is 22.1. The molecule has 11 nitrogen and oxygen atoms in total. The zero-order valence-electron chi connectivity index (χ0n) is 20.0. The highest BCUT2D eigenvalue weighted by Gasteiger charge is 2.24. The summed E-state index contributed by atoms with van der Waals surface area (Å²) in [6.07, 6.45) is -0.552. The monoisotopic (exact) mass is 480 g/mol. The Morgan fingerprint density at radius 1 is 0.333 bits per heavy atom. The first kappa shape index (κ1) is 28.8. The molecule has 0 aromatic heterocycles. The summed E-state index contributed by atoms with van der Waals surface area (Å²) < 4.78 is 51.6. The first-order valence-electron chi connectivity index (χ1n) is 12.2. The number of hydrogen-bond acceptors (Lipinski definition) is 11. The predicted molar refractivity (Wildman–Crippen MR) is 121 cm³/mol. The van der Waals surface area contributed by atoms with Gasteiger partial charge >= 0.3 is 0 Å². The highest BCUT2D eigenvalue weighted by atomic mass is 16.6. The third kappa shape index (κ3) is 16.8. The van der Waals surface area contributed by atoms with Gasteiger partial charge in [0.2, 0.25) is 0 Å². The van der Waals surface area contributed by atoms with Crippen LogP contribution in [-0.4, -0.2) is 144 Å². The minimum atomic E-state index is -0.279. The van der Waals surface area contributed by atoms with E-state index in [0.717, 1.165) is 26.2 Å². The molecule has 2 unspecified atom stereocenters. The van der Waals surface area contributed by atoms with Gasteiger partial charge in [-0.1, -0.05) is 0 Å². The molecular weight excluding hydrogens is 436 g/mol. The molecule has 0 aromatic carbocycles. The van der Waals surface area contributed by atoms with Crippen molar-refractivity contribution in [2.75, 3.05) is 132 Å². The van der Waals surface area contributed by atoms with Crippen molar-refractivity contribution in [3.63, 3.8) is 0 Å². The summed E-state index contributed by atoms with van der Waals surface area (Å²) in [6, 6.07) is 0. The molecule has 11 heteroatoms. The maximum atomic E-state index is 6.10. The van der Waals surface area contributed by atoms with E-state index in [1.807, 2.05) is 0 Å². The molecule has 2 saturated heterocycles. The molecule has 2 aliphatic rings. The Morgan fingerprint density at radius 2 is 0.636 bits per heavy atom. The topological polar surface area (TPSA) is 107 Å². The number of nitrogens with one attached hydrogen (secondary N) is 2. The van der Waals surface area contributed by atoms with E-state index in [2.05, 4.69) is 10.6 Å². The third-order valence-electron chi connectivity index (χ3n) is 4.91. The van der Waals surface area contributed by atoms with Crippen molar-refractivity contribution < 1.29 is 42.6 Å². The smallest absolute Gasteiger partial charge is 0.109 e. The fourth-order valence-corrected chi connectivity index (χ4v) is 3.13. The molecule has 0 aliphatic carbocycles. The van der Waals surface area contributed by atoms with Crippen molar-refractivity contribution in [1.82, 2.24) is 10.6 Å². The van der Waals surface area contributed by atoms with Crippen LogP contribution in [0.1, 0.15) is 0 Å². The number of ether oxygens (including phenoxy) is 9. The Labute approximate surface area is 198 Å². The van der Waals surface area contributed by atoms with E-state index < -0.39 is 0 Å². The maximum Gasteiger partial charge on any atom is 0.109 e. The molecule has 2 N–H and O–H groups in total. The van der Waals surface area contributed by atoms with Crippen LogP contribution in [0.4, 0.5) is 0 Å². The van der Waals surface area contributed by atoms with Gasteiger partial charge < -0.3 is 53.3 Å². The zero-order valence-corrected chi connectivity index (χ0v) is 20.0. The van der Waals surface area contributed by atoms with E-state index in [1.165, 1.54) is 0 Å². The van der Waals surface area contributed by atoms with Crippen molar-refractivity contribution in [3.8, 4) is 0 Å². The molecule has 0 radical (unpaired) electrons. The lowest BCUT2D eigenvalue weighted by atomic mass is 10.2. The minimum absolute atomic E-state index is 0.273. The van der Waals surface area contributed by atoms with Crippen LogP contribution < -0.4 is 10.6 Å². The van der Waals surface area contributed by atoms with Gasteiger partial charge in [-0.2, -0.15) is 0 Å². The van der Waals surface area contributed by atoms with E-state index >= 15 is 0 Å². The zero-order chi connectivity index (χ0) is 23.1. The Morgan fingerprint density at radius 3 is 1.03 bits per heavy atom. The summed E-state index contributed by atoms with van der Waals surface area (Å²) in [5.41, 5.74) is 0. The van der Waals surface area contributed by atoms with Gasteiger partial charge in [-0.05, 0) is 0 Å². The SMILES string of the molecule is C1COCCOCCOCCOC(C2COCCNCCOCCOCCO2)COCCN1. The van der Waals surface area contributed by atoms with Crippen molar-refractivity contribution in [3.05, 3.63) is 0 Å². The molecule has 0 amide bonds. The largest absolute Gasteiger partial charge is 0.378 e. The van der Waals surface area contributed by atoms with Gasteiger partial charge in [0.15, 0.2) is 0 Å². The van der Waals surface area contributed by atoms with Gasteiger partial charge in [-0.15, -0.1) is 0 Å². The van der Waals surface area contributed by atoms with Crippen molar-refractivity contribution in [2.45, 2.75) is 12.2 Å². The van der Waals surface area contributed by atoms with E-state index in [1.54, 1.807) is 0 Å². The molecule has 33 heavy (non-hydrogen) atoms. The normalized spacial score (nSPS) is 29.1. The summed E-state index contributed by atoms with van der Waals surface area (Å²) in [5.74, 6) is 0. The molecule has 196 valence electrons. The van der Waals surface area contributed by atoms with Crippen molar-refractivity contribution in [1.29, 1.82) is 0 Å². The number of rotatable bonds is 1. The Kier molecular flexibility index (Phi) is 19.2. The summed E-state index contributed by atoms with van der Waals surface area (Å²) in [4.78, 5) is 0. The summed E-state index contributed by atoms with van der Waals surface area (Å²) >= 11 is 0. The third-order valence-corrected chi connectivity index (χ3v) is 4.91. The van der Waals surface area contributed by atoms with Gasteiger partial charge in [0, 0.05) is 26.2 Å². The molecule has 0 saturated carbocycles. The molecule has 0 spiro atoms. The first-order valence-corrected chi connectivity index (χ1v) is 12.2. The second-order valence-electron chi connectivity index (χ2n) is 7.53. The Balaban J connectivity index is 1.82. The molecule has 0 aromatic rings. The van der Waals surface area contributed by atoms with Crippen LogP contribution >= 0.6 is 0 Å². The van der Waals surface area contributed by atoms with E-state index in [0.29, 0.717) is 106 Å². The first-order chi connectivity index (χ1) is 16.5. The lowest BCUT2D eigenvalue weighted by molar-refractivity contribution is -0.139. The van der Waals surface area contributed by atoms with E-state index in [9.17, 15) is 0 Å². The summed E-state index contributed by atoms with van der Waals surface area (Å²) in [7, 11) is 0.